The summed E-state index contributed by atoms with van der Waals surface area (Å²) < 4.78 is 5.26. The maximum absolute atomic E-state index is 5.34. The highest BCUT2D eigenvalue weighted by Gasteiger charge is 2.06. The van der Waals surface area contributed by atoms with Gasteiger partial charge in [0.25, 0.3) is 0 Å². The molecule has 0 saturated carbocycles. The Kier molecular flexibility index (Phi) is 4.30. The van der Waals surface area contributed by atoms with Crippen LogP contribution in [0.1, 0.15) is 18.2 Å². The van der Waals surface area contributed by atoms with Crippen molar-refractivity contribution in [3.63, 3.8) is 0 Å². The smallest absolute Gasteiger partial charge is 0.177 e. The van der Waals surface area contributed by atoms with Crippen molar-refractivity contribution in [3.05, 3.63) is 78.1 Å². The highest BCUT2D eigenvalue weighted by atomic mass is 16.6. The molecule has 4 nitrogen and oxygen atoms in total. The molecule has 2 aromatic carbocycles. The zero-order valence-electron chi connectivity index (χ0n) is 12.3. The summed E-state index contributed by atoms with van der Waals surface area (Å²) in [5.41, 5.74) is 3.66. The van der Waals surface area contributed by atoms with Crippen LogP contribution in [0.15, 0.2) is 76.4 Å². The van der Waals surface area contributed by atoms with E-state index in [1.165, 1.54) is 0 Å². The number of benzene rings is 2. The van der Waals surface area contributed by atoms with Gasteiger partial charge in [0.15, 0.2) is 12.4 Å². The molecule has 110 valence electrons. The summed E-state index contributed by atoms with van der Waals surface area (Å²) in [6.07, 6.45) is 0. The van der Waals surface area contributed by atoms with E-state index in [0.717, 1.165) is 22.5 Å². The third-order valence-corrected chi connectivity index (χ3v) is 3.23. The lowest BCUT2D eigenvalue weighted by atomic mass is 10.1. The van der Waals surface area contributed by atoms with Crippen molar-refractivity contribution in [3.8, 4) is 11.3 Å². The van der Waals surface area contributed by atoms with E-state index in [0.29, 0.717) is 5.76 Å². The molecule has 0 radical (unpaired) electrons. The van der Waals surface area contributed by atoms with Crippen LogP contribution in [-0.4, -0.2) is 10.9 Å². The lowest BCUT2D eigenvalue weighted by molar-refractivity contribution is 0.109. The van der Waals surface area contributed by atoms with Gasteiger partial charge in [0.05, 0.1) is 5.71 Å². The number of oxime groups is 1. The van der Waals surface area contributed by atoms with E-state index in [2.05, 4.69) is 10.3 Å². The largest absolute Gasteiger partial charge is 0.387 e. The van der Waals surface area contributed by atoms with Crippen molar-refractivity contribution < 1.29 is 9.36 Å². The molecule has 4 heteroatoms. The second kappa shape index (κ2) is 6.72. The van der Waals surface area contributed by atoms with Gasteiger partial charge in [-0.1, -0.05) is 71.0 Å². The van der Waals surface area contributed by atoms with E-state index in [1.54, 1.807) is 0 Å². The van der Waals surface area contributed by atoms with Crippen molar-refractivity contribution in [2.24, 2.45) is 5.16 Å². The van der Waals surface area contributed by atoms with Crippen molar-refractivity contribution in [1.82, 2.24) is 5.16 Å². The summed E-state index contributed by atoms with van der Waals surface area (Å²) in [5, 5.41) is 8.14. The monoisotopic (exact) mass is 292 g/mol. The summed E-state index contributed by atoms with van der Waals surface area (Å²) in [4.78, 5) is 5.34. The average Bonchev–Trinajstić information content (AvgIpc) is 3.05. The van der Waals surface area contributed by atoms with Crippen molar-refractivity contribution in [2.75, 3.05) is 0 Å². The third kappa shape index (κ3) is 3.41. The van der Waals surface area contributed by atoms with Gasteiger partial charge in [-0.2, -0.15) is 0 Å². The summed E-state index contributed by atoms with van der Waals surface area (Å²) >= 11 is 0. The Hall–Kier alpha value is -2.88. The zero-order valence-corrected chi connectivity index (χ0v) is 12.3. The van der Waals surface area contributed by atoms with Crippen LogP contribution in [0.3, 0.4) is 0 Å². The summed E-state index contributed by atoms with van der Waals surface area (Å²) in [6.45, 7) is 2.16. The Bertz CT molecular complexity index is 749. The molecule has 0 unspecified atom stereocenters. The van der Waals surface area contributed by atoms with Crippen LogP contribution in [0.2, 0.25) is 0 Å². The molecule has 0 aliphatic carbocycles. The van der Waals surface area contributed by atoms with Gasteiger partial charge >= 0.3 is 0 Å². The van der Waals surface area contributed by atoms with E-state index >= 15 is 0 Å². The van der Waals surface area contributed by atoms with E-state index in [4.69, 9.17) is 9.36 Å². The van der Waals surface area contributed by atoms with Crippen molar-refractivity contribution in [2.45, 2.75) is 13.5 Å². The molecule has 1 heterocycles. The number of rotatable bonds is 5. The fourth-order valence-electron chi connectivity index (χ4n) is 2.05. The minimum Gasteiger partial charge on any atom is -0.387 e. The fourth-order valence-corrected chi connectivity index (χ4v) is 2.05. The van der Waals surface area contributed by atoms with Crippen molar-refractivity contribution >= 4 is 5.71 Å². The first kappa shape index (κ1) is 14.1. The SMILES string of the molecule is C/C(=N\OCc1cc(-c2ccccc2)no1)c1ccccc1. The number of hydrogen-bond acceptors (Lipinski definition) is 4. The van der Waals surface area contributed by atoms with Gasteiger partial charge in [-0.15, -0.1) is 0 Å². The summed E-state index contributed by atoms with van der Waals surface area (Å²) in [6, 6.07) is 21.6. The van der Waals surface area contributed by atoms with Gasteiger partial charge in [0.1, 0.15) is 5.69 Å². The Morgan fingerprint density at radius 3 is 2.45 bits per heavy atom. The molecule has 0 saturated heterocycles. The Morgan fingerprint density at radius 1 is 1.05 bits per heavy atom. The van der Waals surface area contributed by atoms with Crippen LogP contribution < -0.4 is 0 Å². The first-order chi connectivity index (χ1) is 10.8. The minimum atomic E-state index is 0.254. The van der Waals surface area contributed by atoms with Gasteiger partial charge in [0.2, 0.25) is 0 Å². The van der Waals surface area contributed by atoms with Gasteiger partial charge < -0.3 is 9.36 Å². The lowest BCUT2D eigenvalue weighted by Gasteiger charge is -2.00. The van der Waals surface area contributed by atoms with Crippen molar-refractivity contribution in [1.29, 1.82) is 0 Å². The molecule has 0 spiro atoms. The molecule has 0 atom stereocenters. The molecule has 1 aromatic heterocycles. The van der Waals surface area contributed by atoms with Gasteiger partial charge in [-0.05, 0) is 12.5 Å². The Morgan fingerprint density at radius 2 is 1.73 bits per heavy atom. The molecule has 0 aliphatic rings. The van der Waals surface area contributed by atoms with Gasteiger partial charge in [-0.25, -0.2) is 0 Å². The van der Waals surface area contributed by atoms with Crippen LogP contribution in [0.4, 0.5) is 0 Å². The Balaban J connectivity index is 1.62. The number of hydrogen-bond donors (Lipinski definition) is 0. The predicted octanol–water partition coefficient (Wildman–Crippen LogP) is 4.28. The van der Waals surface area contributed by atoms with Crippen LogP contribution in [-0.2, 0) is 11.4 Å². The first-order valence-corrected chi connectivity index (χ1v) is 7.06. The highest BCUT2D eigenvalue weighted by Crippen LogP contribution is 2.18. The Labute approximate surface area is 129 Å². The van der Waals surface area contributed by atoms with E-state index in [9.17, 15) is 0 Å². The molecule has 0 fully saturated rings. The first-order valence-electron chi connectivity index (χ1n) is 7.06. The maximum Gasteiger partial charge on any atom is 0.177 e. The molecule has 0 amide bonds. The second-order valence-corrected chi connectivity index (χ2v) is 4.86. The number of nitrogens with zero attached hydrogens (tertiary/aromatic N) is 2. The minimum absolute atomic E-state index is 0.254. The topological polar surface area (TPSA) is 47.6 Å². The molecule has 0 aliphatic heterocycles. The molecular formula is C18H16N2O2. The molecule has 3 rings (SSSR count). The quantitative estimate of drug-likeness (QED) is 0.521. The molecule has 0 N–H and O–H groups in total. The molecule has 22 heavy (non-hydrogen) atoms. The summed E-state index contributed by atoms with van der Waals surface area (Å²) in [5.74, 6) is 0.642. The van der Waals surface area contributed by atoms with Crippen LogP contribution in [0, 0.1) is 0 Å². The van der Waals surface area contributed by atoms with E-state index < -0.39 is 0 Å². The molecule has 0 bridgehead atoms. The number of aromatic nitrogens is 1. The summed E-state index contributed by atoms with van der Waals surface area (Å²) in [7, 11) is 0. The molecular weight excluding hydrogens is 276 g/mol. The van der Waals surface area contributed by atoms with Gasteiger partial charge in [-0.3, -0.25) is 0 Å². The zero-order chi connectivity index (χ0) is 15.2. The van der Waals surface area contributed by atoms with Gasteiger partial charge in [0, 0.05) is 11.6 Å². The van der Waals surface area contributed by atoms with E-state index in [1.807, 2.05) is 73.7 Å². The average molecular weight is 292 g/mol. The maximum atomic E-state index is 5.34. The fraction of sp³-hybridized carbons (Fsp3) is 0.111. The second-order valence-electron chi connectivity index (χ2n) is 4.86. The predicted molar refractivity (Wildman–Crippen MR) is 85.4 cm³/mol. The third-order valence-electron chi connectivity index (χ3n) is 3.23. The lowest BCUT2D eigenvalue weighted by Crippen LogP contribution is -1.95. The van der Waals surface area contributed by atoms with Crippen LogP contribution in [0.25, 0.3) is 11.3 Å². The highest BCUT2D eigenvalue weighted by molar-refractivity contribution is 5.98. The normalized spacial score (nSPS) is 11.4. The van der Waals surface area contributed by atoms with E-state index in [-0.39, 0.29) is 6.61 Å². The molecule has 3 aromatic rings. The van der Waals surface area contributed by atoms with Crippen LogP contribution in [0.5, 0.6) is 0 Å². The van der Waals surface area contributed by atoms with Crippen LogP contribution >= 0.6 is 0 Å². The standard InChI is InChI=1S/C18H16N2O2/c1-14(15-8-4-2-5-9-15)19-21-13-17-12-18(20-22-17)16-10-6-3-7-11-16/h2-12H,13H2,1H3/b19-14+.